The molecule has 0 saturated carbocycles. The van der Waals surface area contributed by atoms with Crippen LogP contribution in [0.2, 0.25) is 0 Å². The van der Waals surface area contributed by atoms with E-state index in [0.717, 1.165) is 65.3 Å². The van der Waals surface area contributed by atoms with Gasteiger partial charge in [-0.25, -0.2) is 43.3 Å². The van der Waals surface area contributed by atoms with Crippen LogP contribution < -0.4 is 47.3 Å². The van der Waals surface area contributed by atoms with Gasteiger partial charge in [0.05, 0.1) is 74.8 Å². The van der Waals surface area contributed by atoms with E-state index in [4.69, 9.17) is 9.47 Å². The average Bonchev–Trinajstić information content (AvgIpc) is 1.71. The molecule has 3 saturated heterocycles. The molecule has 2 aromatic carbocycles. The van der Waals surface area contributed by atoms with Crippen molar-refractivity contribution in [2.24, 2.45) is 14.1 Å². The van der Waals surface area contributed by atoms with Crippen LogP contribution in [-0.2, 0) is 23.6 Å². The number of nitrogens with zero attached hydrogens (tertiary/aromatic N) is 15. The quantitative estimate of drug-likeness (QED) is 0.0935. The Balaban J connectivity index is 0.000000190. The molecule has 3 fully saturated rings. The highest BCUT2D eigenvalue weighted by molar-refractivity contribution is 9.11. The van der Waals surface area contributed by atoms with Crippen LogP contribution in [0.15, 0.2) is 134 Å². The molecule has 0 unspecified atom stereocenters. The second-order valence-corrected chi connectivity index (χ2v) is 28.3. The lowest BCUT2D eigenvalue weighted by Crippen LogP contribution is -2.50. The SMILES string of the molecule is C.C.C.CC(C)(C)OC(=O)N1CCN(c2ccncc2NC(=O)c2csc(Br)n2)CC1.Cn1c(=O)n(-c2nc(C(=O)Nc3cnccc3N3CCN(C(=O)OC(C)(C)C)CC3)cs2)c2ccccc21.Cn1c(=O)n(-c2nc(C(=O)Nc3cnccc3N3CCNCC3)cs2)c2ccccc21. The van der Waals surface area contributed by atoms with E-state index in [1.54, 1.807) is 86.4 Å². The van der Waals surface area contributed by atoms with Crippen LogP contribution in [0.1, 0.15) is 95.3 Å². The number of halogens is 1. The maximum Gasteiger partial charge on any atom is 0.410 e. The van der Waals surface area contributed by atoms with Gasteiger partial charge in [0.15, 0.2) is 14.2 Å². The molecule has 3 aliphatic heterocycles. The number of ether oxygens (including phenoxy) is 2. The molecule has 0 radical (unpaired) electrons. The predicted octanol–water partition coefficient (Wildman–Crippen LogP) is 10.9. The van der Waals surface area contributed by atoms with E-state index in [9.17, 15) is 33.6 Å². The van der Waals surface area contributed by atoms with Gasteiger partial charge in [-0.15, -0.1) is 34.0 Å². The molecular weight excluding hydrogens is 1400 g/mol. The van der Waals surface area contributed by atoms with Gasteiger partial charge in [0.1, 0.15) is 28.3 Å². The van der Waals surface area contributed by atoms with Gasteiger partial charge >= 0.3 is 23.6 Å². The van der Waals surface area contributed by atoms with E-state index in [1.165, 1.54) is 43.1 Å². The fourth-order valence-corrected chi connectivity index (χ4v) is 13.5. The number of anilines is 6. The highest BCUT2D eigenvalue weighted by Crippen LogP contribution is 2.31. The van der Waals surface area contributed by atoms with Crippen LogP contribution in [0, 0.1) is 0 Å². The smallest absolute Gasteiger partial charge is 0.410 e. The van der Waals surface area contributed by atoms with Gasteiger partial charge in [0.2, 0.25) is 0 Å². The Hall–Kier alpha value is -9.89. The minimum Gasteiger partial charge on any atom is -0.444 e. The number of benzene rings is 2. The molecule has 0 aliphatic carbocycles. The van der Waals surface area contributed by atoms with Crippen molar-refractivity contribution in [3.63, 3.8) is 0 Å². The maximum atomic E-state index is 13.1. The second-order valence-electron chi connectivity index (χ2n) is 24.5. The van der Waals surface area contributed by atoms with Crippen molar-refractivity contribution in [2.75, 3.05) is 109 Å². The summed E-state index contributed by atoms with van der Waals surface area (Å²) in [4.78, 5) is 124. The van der Waals surface area contributed by atoms with E-state index < -0.39 is 17.1 Å². The molecule has 32 heteroatoms. The first-order valence-corrected chi connectivity index (χ1v) is 34.4. The normalized spacial score (nSPS) is 13.9. The zero-order chi connectivity index (χ0) is 68.7. The number of hydrogen-bond donors (Lipinski definition) is 4. The van der Waals surface area contributed by atoms with Gasteiger partial charge in [0, 0.05) is 127 Å². The number of imidazole rings is 2. The van der Waals surface area contributed by atoms with Gasteiger partial charge < -0.3 is 55.2 Å². The van der Waals surface area contributed by atoms with Gasteiger partial charge in [-0.2, -0.15) is 0 Å². The Bertz CT molecular complexity index is 4640. The number of hydrogen-bond acceptors (Lipinski definition) is 22. The summed E-state index contributed by atoms with van der Waals surface area (Å²) in [5.41, 5.74) is 6.80. The number of carbonyl (C=O) groups is 5. The molecule has 10 aromatic rings. The molecule has 8 aromatic heterocycles. The monoisotopic (exact) mass is 1490 g/mol. The molecule has 28 nitrogen and oxygen atoms in total. The van der Waals surface area contributed by atoms with Crippen molar-refractivity contribution in [1.29, 1.82) is 0 Å². The van der Waals surface area contributed by atoms with Crippen molar-refractivity contribution in [1.82, 2.24) is 63.3 Å². The number of piperazine rings is 3. The van der Waals surface area contributed by atoms with Crippen molar-refractivity contribution < 1.29 is 33.4 Å². The van der Waals surface area contributed by atoms with E-state index in [0.29, 0.717) is 89.3 Å². The van der Waals surface area contributed by atoms with E-state index in [1.807, 2.05) is 108 Å². The summed E-state index contributed by atoms with van der Waals surface area (Å²) in [6, 6.07) is 20.6. The molecular formula is C68H84BrN19O9S3. The number of fused-ring (bicyclic) bond motifs is 2. The lowest BCUT2D eigenvalue weighted by molar-refractivity contribution is 0.0230. The number of nitrogens with one attached hydrogen (secondary N) is 4. The Morgan fingerprint density at radius 1 is 0.470 bits per heavy atom. The molecule has 100 heavy (non-hydrogen) atoms. The van der Waals surface area contributed by atoms with Gasteiger partial charge in [0.25, 0.3) is 17.7 Å². The first-order valence-electron chi connectivity index (χ1n) is 31.0. The fourth-order valence-electron chi connectivity index (χ4n) is 10.9. The van der Waals surface area contributed by atoms with E-state index in [2.05, 4.69) is 81.8 Å². The van der Waals surface area contributed by atoms with Crippen LogP contribution in [0.5, 0.6) is 0 Å². The minimum absolute atomic E-state index is 0. The summed E-state index contributed by atoms with van der Waals surface area (Å²) < 4.78 is 17.8. The number of rotatable bonds is 11. The molecule has 530 valence electrons. The highest BCUT2D eigenvalue weighted by atomic mass is 79.9. The summed E-state index contributed by atoms with van der Waals surface area (Å²) in [6.07, 6.45) is 9.31. The van der Waals surface area contributed by atoms with Crippen LogP contribution in [0.25, 0.3) is 32.3 Å². The van der Waals surface area contributed by atoms with E-state index >= 15 is 0 Å². The Morgan fingerprint density at radius 3 is 1.14 bits per heavy atom. The number of aromatic nitrogens is 10. The number of amides is 5. The van der Waals surface area contributed by atoms with Crippen LogP contribution in [-0.4, -0.2) is 178 Å². The van der Waals surface area contributed by atoms with Crippen molar-refractivity contribution in [3.8, 4) is 10.3 Å². The van der Waals surface area contributed by atoms with Crippen molar-refractivity contribution >= 4 is 136 Å². The van der Waals surface area contributed by atoms with Crippen LogP contribution in [0.4, 0.5) is 43.7 Å². The van der Waals surface area contributed by atoms with Gasteiger partial charge in [-0.3, -0.25) is 38.5 Å². The summed E-state index contributed by atoms with van der Waals surface area (Å²) >= 11 is 7.10. The minimum atomic E-state index is -0.548. The second kappa shape index (κ2) is 32.9. The molecule has 0 atom stereocenters. The third-order valence-corrected chi connectivity index (χ3v) is 18.6. The number of aryl methyl sites for hydroxylation is 2. The standard InChI is InChI=1S/C26H29N7O4S.C21H21N7O2S.C18H22BrN5O3S.3CH4/c1-26(2,3)37-25(36)32-13-11-31(12-14-32)19-9-10-27-15-17(19)28-22(34)18-16-38-23(29-18)33-21-8-6-5-7-20(21)30(4)24(33)35;1-26-17-4-2-3-5-18(17)28(21(26)30)20-25-15(13-31-20)19(29)24-14-12-23-7-6-16(14)27-10-8-22-9-11-27;1-18(2,3)27-17(26)24-8-6-23(7-9-24)14-4-5-20-10-12(14)21-15(25)13-11-28-16(19)22-13;;;/h5-10,15-16H,11-14H2,1-4H3,(H,28,34);2-7,12-13,22H,8-11H2,1H3,(H,24,29);4-5,10-11H,6-9H2,1-3H3,(H,21,25);3*1H4. The molecule has 0 spiro atoms. The number of para-hydroxylation sites is 4. The average molecular weight is 1490 g/mol. The Kier molecular flexibility index (Phi) is 24.9. The Morgan fingerprint density at radius 2 is 0.800 bits per heavy atom. The van der Waals surface area contributed by atoms with Gasteiger partial charge in [-0.05, 0) is 99.9 Å². The predicted molar refractivity (Wildman–Crippen MR) is 400 cm³/mol. The van der Waals surface area contributed by atoms with E-state index in [-0.39, 0.29) is 69.0 Å². The fraction of sp³-hybridized carbons (Fsp3) is 0.368. The van der Waals surface area contributed by atoms with Crippen LogP contribution >= 0.6 is 49.9 Å². The summed E-state index contributed by atoms with van der Waals surface area (Å²) in [7, 11) is 3.43. The summed E-state index contributed by atoms with van der Waals surface area (Å²) in [5, 5.41) is 17.9. The summed E-state index contributed by atoms with van der Waals surface area (Å²) in [5.74, 6) is -1.02. The molecule has 13 rings (SSSR count). The molecule has 3 aliphatic rings. The molecule has 5 amide bonds. The van der Waals surface area contributed by atoms with Crippen LogP contribution in [0.3, 0.4) is 0 Å². The lowest BCUT2D eigenvalue weighted by Gasteiger charge is -2.37. The lowest BCUT2D eigenvalue weighted by atomic mass is 10.2. The number of pyridine rings is 3. The zero-order valence-electron chi connectivity index (χ0n) is 54.5. The van der Waals surface area contributed by atoms with Gasteiger partial charge in [-0.1, -0.05) is 46.5 Å². The Labute approximate surface area is 599 Å². The number of carbonyl (C=O) groups excluding carboxylic acids is 5. The van der Waals surface area contributed by atoms with Crippen molar-refractivity contribution in [3.05, 3.63) is 162 Å². The molecule has 11 heterocycles. The topological polar surface area (TPSA) is 299 Å². The third-order valence-electron chi connectivity index (χ3n) is 15.6. The molecule has 4 N–H and O–H groups in total. The third kappa shape index (κ3) is 17.7. The zero-order valence-corrected chi connectivity index (χ0v) is 58.6. The summed E-state index contributed by atoms with van der Waals surface area (Å²) in [6.45, 7) is 19.1. The van der Waals surface area contributed by atoms with Crippen molar-refractivity contribution in [2.45, 2.75) is 75.0 Å². The first-order chi connectivity index (χ1) is 46.5. The molecule has 0 bridgehead atoms. The largest absolute Gasteiger partial charge is 0.444 e. The maximum absolute atomic E-state index is 13.1. The highest BCUT2D eigenvalue weighted by Gasteiger charge is 2.30. The first kappa shape index (κ1) is 75.9. The number of thiazole rings is 3.